The Balaban J connectivity index is 1.91. The van der Waals surface area contributed by atoms with Crippen LogP contribution in [0.15, 0.2) is 18.3 Å². The molecule has 1 saturated carbocycles. The lowest BCUT2D eigenvalue weighted by Crippen LogP contribution is -2.06. The van der Waals surface area contributed by atoms with Crippen molar-refractivity contribution in [2.45, 2.75) is 44.6 Å². The van der Waals surface area contributed by atoms with Crippen LogP contribution in [0.3, 0.4) is 0 Å². The van der Waals surface area contributed by atoms with Gasteiger partial charge in [0.05, 0.1) is 5.69 Å². The maximum absolute atomic E-state index is 5.65. The van der Waals surface area contributed by atoms with Gasteiger partial charge in [-0.2, -0.15) is 5.10 Å². The molecule has 2 aromatic rings. The zero-order valence-electron chi connectivity index (χ0n) is 11.9. The Labute approximate surface area is 119 Å². The number of pyridine rings is 1. The molecule has 5 nitrogen and oxygen atoms in total. The number of aromatic nitrogens is 4. The summed E-state index contributed by atoms with van der Waals surface area (Å²) >= 11 is 0. The SMILES string of the molecule is Cn1nc(C2CCCCC2)nc1-c1ccnc(CN)c1. The molecule has 0 radical (unpaired) electrons. The van der Waals surface area contributed by atoms with Gasteiger partial charge in [-0.3, -0.25) is 4.98 Å². The highest BCUT2D eigenvalue weighted by Gasteiger charge is 2.21. The van der Waals surface area contributed by atoms with Gasteiger partial charge in [-0.15, -0.1) is 0 Å². The van der Waals surface area contributed by atoms with Gasteiger partial charge in [0.15, 0.2) is 11.6 Å². The maximum Gasteiger partial charge on any atom is 0.158 e. The Morgan fingerprint density at radius 2 is 2.10 bits per heavy atom. The first kappa shape index (κ1) is 13.2. The van der Waals surface area contributed by atoms with Gasteiger partial charge in [0.25, 0.3) is 0 Å². The Hall–Kier alpha value is -1.75. The molecular formula is C15H21N5. The fraction of sp³-hybridized carbons (Fsp3) is 0.533. The first-order valence-corrected chi connectivity index (χ1v) is 7.34. The number of hydrogen-bond donors (Lipinski definition) is 1. The number of aryl methyl sites for hydroxylation is 1. The van der Waals surface area contributed by atoms with E-state index in [4.69, 9.17) is 10.7 Å². The van der Waals surface area contributed by atoms with Crippen LogP contribution in [0.25, 0.3) is 11.4 Å². The van der Waals surface area contributed by atoms with Crippen molar-refractivity contribution in [1.29, 1.82) is 0 Å². The highest BCUT2D eigenvalue weighted by atomic mass is 15.3. The second-order valence-electron chi connectivity index (χ2n) is 5.49. The number of nitrogens with two attached hydrogens (primary N) is 1. The van der Waals surface area contributed by atoms with Crippen molar-refractivity contribution in [1.82, 2.24) is 19.7 Å². The van der Waals surface area contributed by atoms with Crippen molar-refractivity contribution in [3.8, 4) is 11.4 Å². The second-order valence-corrected chi connectivity index (χ2v) is 5.49. The zero-order chi connectivity index (χ0) is 13.9. The Morgan fingerprint density at radius 3 is 2.85 bits per heavy atom. The summed E-state index contributed by atoms with van der Waals surface area (Å²) in [6.07, 6.45) is 8.16. The van der Waals surface area contributed by atoms with Crippen molar-refractivity contribution >= 4 is 0 Å². The highest BCUT2D eigenvalue weighted by Crippen LogP contribution is 2.31. The lowest BCUT2D eigenvalue weighted by Gasteiger charge is -2.18. The summed E-state index contributed by atoms with van der Waals surface area (Å²) in [7, 11) is 1.96. The molecule has 3 rings (SSSR count). The van der Waals surface area contributed by atoms with E-state index in [0.717, 1.165) is 22.9 Å². The standard InChI is InChI=1S/C15H21N5/c1-20-15(12-7-8-17-13(9-12)10-16)18-14(19-20)11-5-3-2-4-6-11/h7-9,11H,2-6,10,16H2,1H3. The highest BCUT2D eigenvalue weighted by molar-refractivity contribution is 5.55. The first-order valence-electron chi connectivity index (χ1n) is 7.34. The molecule has 106 valence electrons. The van der Waals surface area contributed by atoms with Gasteiger partial charge in [-0.1, -0.05) is 19.3 Å². The summed E-state index contributed by atoms with van der Waals surface area (Å²) in [5.41, 5.74) is 7.57. The van der Waals surface area contributed by atoms with E-state index < -0.39 is 0 Å². The number of rotatable bonds is 3. The summed E-state index contributed by atoms with van der Waals surface area (Å²) in [5.74, 6) is 2.43. The van der Waals surface area contributed by atoms with Crippen molar-refractivity contribution in [2.75, 3.05) is 0 Å². The van der Waals surface area contributed by atoms with E-state index in [2.05, 4.69) is 10.1 Å². The topological polar surface area (TPSA) is 69.6 Å². The molecule has 0 bridgehead atoms. The second kappa shape index (κ2) is 5.71. The largest absolute Gasteiger partial charge is 0.325 e. The molecule has 0 aliphatic heterocycles. The van der Waals surface area contributed by atoms with E-state index in [-0.39, 0.29) is 0 Å². The van der Waals surface area contributed by atoms with Gasteiger partial charge in [-0.25, -0.2) is 9.67 Å². The molecule has 0 amide bonds. The fourth-order valence-electron chi connectivity index (χ4n) is 2.92. The molecule has 1 aliphatic rings. The van der Waals surface area contributed by atoms with Crippen LogP contribution in [0, 0.1) is 0 Å². The van der Waals surface area contributed by atoms with Gasteiger partial charge in [0.2, 0.25) is 0 Å². The Kier molecular flexibility index (Phi) is 3.78. The van der Waals surface area contributed by atoms with Crippen LogP contribution < -0.4 is 5.73 Å². The quantitative estimate of drug-likeness (QED) is 0.930. The fourth-order valence-corrected chi connectivity index (χ4v) is 2.92. The predicted molar refractivity (Wildman–Crippen MR) is 78.0 cm³/mol. The van der Waals surface area contributed by atoms with E-state index in [1.807, 2.05) is 23.9 Å². The van der Waals surface area contributed by atoms with Crippen LogP contribution in [0.1, 0.15) is 49.5 Å². The van der Waals surface area contributed by atoms with E-state index in [9.17, 15) is 0 Å². The van der Waals surface area contributed by atoms with Crippen molar-refractivity contribution in [3.05, 3.63) is 29.8 Å². The summed E-state index contributed by atoms with van der Waals surface area (Å²) in [4.78, 5) is 8.99. The van der Waals surface area contributed by atoms with Gasteiger partial charge in [0, 0.05) is 31.3 Å². The zero-order valence-corrected chi connectivity index (χ0v) is 11.9. The molecule has 0 atom stereocenters. The van der Waals surface area contributed by atoms with Crippen LogP contribution in [-0.2, 0) is 13.6 Å². The summed E-state index contributed by atoms with van der Waals surface area (Å²) in [6.45, 7) is 0.446. The molecule has 2 aromatic heterocycles. The Bertz CT molecular complexity index is 584. The molecule has 5 heteroatoms. The third-order valence-electron chi connectivity index (χ3n) is 4.03. The molecule has 20 heavy (non-hydrogen) atoms. The Morgan fingerprint density at radius 1 is 1.30 bits per heavy atom. The molecule has 1 fully saturated rings. The van der Waals surface area contributed by atoms with Crippen LogP contribution >= 0.6 is 0 Å². The van der Waals surface area contributed by atoms with Crippen molar-refractivity contribution in [3.63, 3.8) is 0 Å². The number of nitrogens with zero attached hydrogens (tertiary/aromatic N) is 4. The minimum absolute atomic E-state index is 0.446. The van der Waals surface area contributed by atoms with Gasteiger partial charge in [0.1, 0.15) is 0 Å². The van der Waals surface area contributed by atoms with Crippen LogP contribution in [0.5, 0.6) is 0 Å². The van der Waals surface area contributed by atoms with Crippen molar-refractivity contribution < 1.29 is 0 Å². The third kappa shape index (κ3) is 2.58. The summed E-state index contributed by atoms with van der Waals surface area (Å²) in [6, 6.07) is 3.96. The summed E-state index contributed by atoms with van der Waals surface area (Å²) in [5, 5.41) is 4.62. The van der Waals surface area contributed by atoms with E-state index in [1.54, 1.807) is 6.20 Å². The molecule has 0 unspecified atom stereocenters. The summed E-state index contributed by atoms with van der Waals surface area (Å²) < 4.78 is 1.87. The minimum atomic E-state index is 0.446. The van der Waals surface area contributed by atoms with E-state index in [0.29, 0.717) is 12.5 Å². The lowest BCUT2D eigenvalue weighted by atomic mass is 9.89. The average Bonchev–Trinajstić information content (AvgIpc) is 2.90. The minimum Gasteiger partial charge on any atom is -0.325 e. The molecule has 2 heterocycles. The van der Waals surface area contributed by atoms with Gasteiger partial charge in [-0.05, 0) is 25.0 Å². The maximum atomic E-state index is 5.65. The van der Waals surface area contributed by atoms with E-state index in [1.165, 1.54) is 32.1 Å². The first-order chi connectivity index (χ1) is 9.78. The van der Waals surface area contributed by atoms with Crippen LogP contribution in [0.2, 0.25) is 0 Å². The third-order valence-corrected chi connectivity index (χ3v) is 4.03. The molecule has 2 N–H and O–H groups in total. The average molecular weight is 271 g/mol. The van der Waals surface area contributed by atoms with E-state index >= 15 is 0 Å². The van der Waals surface area contributed by atoms with Gasteiger partial charge >= 0.3 is 0 Å². The molecule has 0 aromatic carbocycles. The van der Waals surface area contributed by atoms with Crippen LogP contribution in [-0.4, -0.2) is 19.7 Å². The van der Waals surface area contributed by atoms with Crippen LogP contribution in [0.4, 0.5) is 0 Å². The van der Waals surface area contributed by atoms with Gasteiger partial charge < -0.3 is 5.73 Å². The molecule has 0 saturated heterocycles. The molecule has 0 spiro atoms. The van der Waals surface area contributed by atoms with Crippen molar-refractivity contribution in [2.24, 2.45) is 12.8 Å². The predicted octanol–water partition coefficient (Wildman–Crippen LogP) is 2.38. The smallest absolute Gasteiger partial charge is 0.158 e. The molecular weight excluding hydrogens is 250 g/mol. The molecule has 1 aliphatic carbocycles. The monoisotopic (exact) mass is 271 g/mol. The lowest BCUT2D eigenvalue weighted by molar-refractivity contribution is 0.427. The number of hydrogen-bond acceptors (Lipinski definition) is 4. The normalized spacial score (nSPS) is 16.5.